The molecule has 0 spiro atoms. The summed E-state index contributed by atoms with van der Waals surface area (Å²) >= 11 is 0. The summed E-state index contributed by atoms with van der Waals surface area (Å²) in [5.41, 5.74) is 0.215. The number of allylic oxidation sites excluding steroid dienone is 2. The molecule has 0 saturated heterocycles. The smallest absolute Gasteiger partial charge is 0.243 e. The Bertz CT molecular complexity index is 155. The fraction of sp³-hybridized carbons (Fsp3) is 0.750. The third-order valence-corrected chi connectivity index (χ3v) is 1.51. The van der Waals surface area contributed by atoms with Crippen molar-refractivity contribution in [3.05, 3.63) is 11.6 Å². The minimum atomic E-state index is -4.23. The van der Waals surface area contributed by atoms with Gasteiger partial charge in [-0.15, -0.1) is 0 Å². The molecule has 0 amide bonds. The quantitative estimate of drug-likeness (QED) is 0.464. The predicted molar refractivity (Wildman–Crippen MR) is 39.6 cm³/mol. The third-order valence-electron chi connectivity index (χ3n) is 1.51. The molecule has 0 aromatic heterocycles. The zero-order valence-corrected chi connectivity index (χ0v) is 7.08. The van der Waals surface area contributed by atoms with E-state index in [2.05, 4.69) is 0 Å². The molecule has 0 aliphatic carbocycles. The van der Waals surface area contributed by atoms with Crippen molar-refractivity contribution in [2.75, 3.05) is 0 Å². The molecule has 0 nitrogen and oxygen atoms in total. The highest BCUT2D eigenvalue weighted by Crippen LogP contribution is 2.22. The number of hydrogen-bond donors (Lipinski definition) is 0. The summed E-state index contributed by atoms with van der Waals surface area (Å²) in [6.45, 7) is 2.88. The summed E-state index contributed by atoms with van der Waals surface area (Å²) in [7, 11) is 0. The van der Waals surface area contributed by atoms with Crippen LogP contribution in [-0.4, -0.2) is 12.3 Å². The molecule has 0 bridgehead atoms. The lowest BCUT2D eigenvalue weighted by Crippen LogP contribution is -2.07. The highest BCUT2D eigenvalue weighted by atomic mass is 19.4. The Hall–Kier alpha value is -0.540. The van der Waals surface area contributed by atoms with Crippen LogP contribution in [0.2, 0.25) is 0 Å². The van der Waals surface area contributed by atoms with Crippen LogP contribution in [0.25, 0.3) is 0 Å². The van der Waals surface area contributed by atoms with E-state index in [4.69, 9.17) is 0 Å². The number of halogens is 4. The minimum Gasteiger partial charge on any atom is -0.243 e. The van der Waals surface area contributed by atoms with Crippen LogP contribution in [0.1, 0.15) is 26.7 Å². The SMILES string of the molecule is CC/C(=C/CC(F)(F)F)[C@@H](C)F. The van der Waals surface area contributed by atoms with Gasteiger partial charge in [-0.1, -0.05) is 13.0 Å². The highest BCUT2D eigenvalue weighted by Gasteiger charge is 2.25. The van der Waals surface area contributed by atoms with E-state index in [0.29, 0.717) is 6.42 Å². The summed E-state index contributed by atoms with van der Waals surface area (Å²) in [6.07, 6.45) is -5.30. The van der Waals surface area contributed by atoms with Crippen LogP contribution in [0.4, 0.5) is 17.6 Å². The molecule has 12 heavy (non-hydrogen) atoms. The number of alkyl halides is 4. The maximum Gasteiger partial charge on any atom is 0.392 e. The van der Waals surface area contributed by atoms with E-state index in [0.717, 1.165) is 6.08 Å². The van der Waals surface area contributed by atoms with Gasteiger partial charge in [-0.2, -0.15) is 13.2 Å². The van der Waals surface area contributed by atoms with Crippen LogP contribution in [0.5, 0.6) is 0 Å². The molecule has 0 heterocycles. The topological polar surface area (TPSA) is 0 Å². The molecular weight excluding hydrogens is 172 g/mol. The van der Waals surface area contributed by atoms with E-state index >= 15 is 0 Å². The molecule has 0 saturated carbocycles. The van der Waals surface area contributed by atoms with Gasteiger partial charge in [0, 0.05) is 0 Å². The maximum absolute atomic E-state index is 12.5. The summed E-state index contributed by atoms with van der Waals surface area (Å²) in [6, 6.07) is 0. The van der Waals surface area contributed by atoms with E-state index in [-0.39, 0.29) is 5.57 Å². The highest BCUT2D eigenvalue weighted by molar-refractivity contribution is 5.06. The normalized spacial score (nSPS) is 16.3. The third kappa shape index (κ3) is 5.16. The zero-order chi connectivity index (χ0) is 9.78. The molecule has 0 aliphatic heterocycles. The van der Waals surface area contributed by atoms with E-state index in [9.17, 15) is 17.6 Å². The van der Waals surface area contributed by atoms with Gasteiger partial charge in [0.15, 0.2) is 0 Å². The molecule has 0 N–H and O–H groups in total. The van der Waals surface area contributed by atoms with Gasteiger partial charge in [0.25, 0.3) is 0 Å². The second kappa shape index (κ2) is 4.48. The fourth-order valence-electron chi connectivity index (χ4n) is 0.835. The van der Waals surface area contributed by atoms with Crippen molar-refractivity contribution in [1.82, 2.24) is 0 Å². The molecular formula is C8H12F4. The Balaban J connectivity index is 4.13. The monoisotopic (exact) mass is 184 g/mol. The van der Waals surface area contributed by atoms with E-state index in [1.165, 1.54) is 6.92 Å². The van der Waals surface area contributed by atoms with Gasteiger partial charge in [0.1, 0.15) is 6.17 Å². The van der Waals surface area contributed by atoms with Crippen LogP contribution < -0.4 is 0 Å². The molecule has 0 aliphatic rings. The van der Waals surface area contributed by atoms with Gasteiger partial charge in [-0.05, 0) is 18.9 Å². The van der Waals surface area contributed by atoms with Crippen LogP contribution in [0, 0.1) is 0 Å². The van der Waals surface area contributed by atoms with Crippen LogP contribution >= 0.6 is 0 Å². The molecule has 72 valence electrons. The van der Waals surface area contributed by atoms with Gasteiger partial charge in [-0.3, -0.25) is 0 Å². The van der Waals surface area contributed by atoms with Crippen molar-refractivity contribution in [3.8, 4) is 0 Å². The lowest BCUT2D eigenvalue weighted by molar-refractivity contribution is -0.125. The molecule has 0 rings (SSSR count). The van der Waals surface area contributed by atoms with Gasteiger partial charge in [0.05, 0.1) is 6.42 Å². The number of rotatable bonds is 3. The Morgan fingerprint density at radius 1 is 1.42 bits per heavy atom. The first-order valence-corrected chi connectivity index (χ1v) is 3.76. The van der Waals surface area contributed by atoms with Gasteiger partial charge in [-0.25, -0.2) is 4.39 Å². The lowest BCUT2D eigenvalue weighted by Gasteiger charge is -2.07. The summed E-state index contributed by atoms with van der Waals surface area (Å²) in [5.74, 6) is 0. The van der Waals surface area contributed by atoms with Crippen LogP contribution in [0.15, 0.2) is 11.6 Å². The Kier molecular flexibility index (Phi) is 4.28. The fourth-order valence-corrected chi connectivity index (χ4v) is 0.835. The molecule has 0 radical (unpaired) electrons. The van der Waals surface area contributed by atoms with Crippen molar-refractivity contribution < 1.29 is 17.6 Å². The van der Waals surface area contributed by atoms with Crippen molar-refractivity contribution in [2.45, 2.75) is 39.0 Å². The predicted octanol–water partition coefficient (Wildman–Crippen LogP) is 3.63. The first kappa shape index (κ1) is 11.5. The maximum atomic E-state index is 12.5. The molecule has 0 unspecified atom stereocenters. The molecule has 0 fully saturated rings. The average molecular weight is 184 g/mol. The second-order valence-electron chi connectivity index (χ2n) is 2.57. The van der Waals surface area contributed by atoms with Crippen LogP contribution in [-0.2, 0) is 0 Å². The minimum absolute atomic E-state index is 0.215. The van der Waals surface area contributed by atoms with Crippen LogP contribution in [0.3, 0.4) is 0 Å². The number of hydrogen-bond acceptors (Lipinski definition) is 0. The standard InChI is InChI=1S/C8H12F4/c1-3-7(6(2)9)4-5-8(10,11)12/h4,6H,3,5H2,1-2H3/b7-4-/t6-/m1/s1. The summed E-state index contributed by atoms with van der Waals surface area (Å²) in [4.78, 5) is 0. The summed E-state index contributed by atoms with van der Waals surface area (Å²) < 4.78 is 47.5. The average Bonchev–Trinajstić information content (AvgIpc) is 1.85. The Labute approximate surface area is 69.3 Å². The Morgan fingerprint density at radius 3 is 2.17 bits per heavy atom. The van der Waals surface area contributed by atoms with E-state index < -0.39 is 18.8 Å². The summed E-state index contributed by atoms with van der Waals surface area (Å²) in [5, 5.41) is 0. The second-order valence-corrected chi connectivity index (χ2v) is 2.57. The molecule has 1 atom stereocenters. The van der Waals surface area contributed by atoms with Gasteiger partial charge in [0.2, 0.25) is 0 Å². The van der Waals surface area contributed by atoms with Crippen molar-refractivity contribution >= 4 is 0 Å². The van der Waals surface area contributed by atoms with Crippen molar-refractivity contribution in [1.29, 1.82) is 0 Å². The van der Waals surface area contributed by atoms with Gasteiger partial charge < -0.3 is 0 Å². The van der Waals surface area contributed by atoms with Gasteiger partial charge >= 0.3 is 6.18 Å². The first-order chi connectivity index (χ1) is 5.37. The molecule has 0 aromatic carbocycles. The zero-order valence-electron chi connectivity index (χ0n) is 7.08. The first-order valence-electron chi connectivity index (χ1n) is 3.76. The molecule has 0 aromatic rings. The van der Waals surface area contributed by atoms with E-state index in [1.54, 1.807) is 6.92 Å². The Morgan fingerprint density at radius 2 is 1.92 bits per heavy atom. The van der Waals surface area contributed by atoms with E-state index in [1.807, 2.05) is 0 Å². The van der Waals surface area contributed by atoms with Crippen molar-refractivity contribution in [2.24, 2.45) is 0 Å². The lowest BCUT2D eigenvalue weighted by atomic mass is 10.1. The van der Waals surface area contributed by atoms with Crippen molar-refractivity contribution in [3.63, 3.8) is 0 Å². The largest absolute Gasteiger partial charge is 0.392 e. The molecule has 4 heteroatoms.